The molecule has 2 heterocycles. The summed E-state index contributed by atoms with van der Waals surface area (Å²) in [6.07, 6.45) is 3.39. The van der Waals surface area contributed by atoms with Crippen LogP contribution >= 0.6 is 0 Å². The summed E-state index contributed by atoms with van der Waals surface area (Å²) in [7, 11) is 5.17. The molecule has 0 aliphatic rings. The van der Waals surface area contributed by atoms with Crippen LogP contribution in [0.2, 0.25) is 0 Å². The average Bonchev–Trinajstić information content (AvgIpc) is 2.57. The second kappa shape index (κ2) is 7.09. The molecule has 0 saturated heterocycles. The fourth-order valence-electron chi connectivity index (χ4n) is 2.45. The number of ether oxygens (including phenoxy) is 1. The van der Waals surface area contributed by atoms with E-state index in [1.807, 2.05) is 13.8 Å². The number of carbonyl (C=O) groups is 1. The molecule has 2 aromatic rings. The van der Waals surface area contributed by atoms with Gasteiger partial charge in [-0.15, -0.1) is 0 Å². The molecule has 0 aromatic carbocycles. The molecule has 0 spiro atoms. The Morgan fingerprint density at radius 3 is 2.74 bits per heavy atom. The first kappa shape index (κ1) is 16.7. The molecule has 1 amide bonds. The maximum Gasteiger partial charge on any atom is 0.254 e. The van der Waals surface area contributed by atoms with Gasteiger partial charge in [0.15, 0.2) is 0 Å². The zero-order valence-electron chi connectivity index (χ0n) is 14.2. The molecular weight excluding hydrogens is 292 g/mol. The van der Waals surface area contributed by atoms with Crippen LogP contribution in [0.15, 0.2) is 24.5 Å². The van der Waals surface area contributed by atoms with Gasteiger partial charge >= 0.3 is 0 Å². The molecule has 0 radical (unpaired) electrons. The molecule has 23 heavy (non-hydrogen) atoms. The molecule has 0 saturated carbocycles. The number of amides is 1. The van der Waals surface area contributed by atoms with Gasteiger partial charge in [-0.3, -0.25) is 9.78 Å². The minimum absolute atomic E-state index is 0.0790. The first-order valence-corrected chi connectivity index (χ1v) is 7.36. The van der Waals surface area contributed by atoms with E-state index in [1.165, 1.54) is 0 Å². The predicted octanol–water partition coefficient (Wildman–Crippen LogP) is 2.42. The molecule has 0 aliphatic carbocycles. The quantitative estimate of drug-likeness (QED) is 0.918. The number of aryl methyl sites for hydroxylation is 1. The minimum atomic E-state index is -0.0790. The number of nitrogens with zero attached hydrogens (tertiary/aromatic N) is 3. The highest BCUT2D eigenvalue weighted by atomic mass is 16.5. The highest BCUT2D eigenvalue weighted by molar-refractivity contribution is 5.94. The Balaban J connectivity index is 2.21. The lowest BCUT2D eigenvalue weighted by Crippen LogP contribution is -2.27. The molecule has 6 heteroatoms. The van der Waals surface area contributed by atoms with Crippen molar-refractivity contribution in [3.63, 3.8) is 0 Å². The van der Waals surface area contributed by atoms with E-state index in [-0.39, 0.29) is 5.91 Å². The summed E-state index contributed by atoms with van der Waals surface area (Å²) in [6.45, 7) is 4.32. The molecule has 0 unspecified atom stereocenters. The van der Waals surface area contributed by atoms with Gasteiger partial charge in [-0.2, -0.15) is 0 Å². The summed E-state index contributed by atoms with van der Waals surface area (Å²) in [5, 5.41) is 2.93. The molecule has 2 aromatic heterocycles. The zero-order chi connectivity index (χ0) is 17.0. The van der Waals surface area contributed by atoms with Gasteiger partial charge < -0.3 is 15.0 Å². The fourth-order valence-corrected chi connectivity index (χ4v) is 2.45. The minimum Gasteiger partial charge on any atom is -0.496 e. The number of methoxy groups -OCH3 is 1. The van der Waals surface area contributed by atoms with Crippen molar-refractivity contribution < 1.29 is 9.53 Å². The second-order valence-corrected chi connectivity index (χ2v) is 5.39. The molecule has 0 bridgehead atoms. The maximum atomic E-state index is 12.6. The standard InChI is InChI=1S/C17H22N4O2/c1-11-9-20-14(12(2)16(11)23-5)10-21(4)17(22)13-6-7-19-15(8-13)18-3/h6-9H,10H2,1-5H3,(H,18,19). The summed E-state index contributed by atoms with van der Waals surface area (Å²) in [6, 6.07) is 3.44. The molecule has 0 atom stereocenters. The number of pyridine rings is 2. The van der Waals surface area contributed by atoms with Gasteiger partial charge in [0.25, 0.3) is 5.91 Å². The van der Waals surface area contributed by atoms with E-state index in [0.29, 0.717) is 17.9 Å². The molecular formula is C17H22N4O2. The van der Waals surface area contributed by atoms with Gasteiger partial charge in [-0.05, 0) is 26.0 Å². The summed E-state index contributed by atoms with van der Waals surface area (Å²) < 4.78 is 5.41. The van der Waals surface area contributed by atoms with E-state index in [0.717, 1.165) is 22.6 Å². The predicted molar refractivity (Wildman–Crippen MR) is 89.8 cm³/mol. The molecule has 1 N–H and O–H groups in total. The highest BCUT2D eigenvalue weighted by Gasteiger charge is 2.16. The third-order valence-corrected chi connectivity index (χ3v) is 3.75. The number of nitrogens with one attached hydrogen (secondary N) is 1. The molecule has 122 valence electrons. The van der Waals surface area contributed by atoms with Crippen LogP contribution in [0.5, 0.6) is 5.75 Å². The first-order valence-electron chi connectivity index (χ1n) is 7.36. The average molecular weight is 314 g/mol. The van der Waals surface area contributed by atoms with Crippen LogP contribution in [0, 0.1) is 13.8 Å². The van der Waals surface area contributed by atoms with E-state index < -0.39 is 0 Å². The van der Waals surface area contributed by atoms with Crippen molar-refractivity contribution in [1.82, 2.24) is 14.9 Å². The Morgan fingerprint density at radius 2 is 2.09 bits per heavy atom. The normalized spacial score (nSPS) is 10.3. The van der Waals surface area contributed by atoms with Gasteiger partial charge in [-0.25, -0.2) is 4.98 Å². The van der Waals surface area contributed by atoms with E-state index in [4.69, 9.17) is 4.74 Å². The molecule has 0 aliphatic heterocycles. The third kappa shape index (κ3) is 3.59. The second-order valence-electron chi connectivity index (χ2n) is 5.39. The highest BCUT2D eigenvalue weighted by Crippen LogP contribution is 2.24. The SMILES string of the molecule is CNc1cc(C(=O)N(C)Cc2ncc(C)c(OC)c2C)ccn1. The monoisotopic (exact) mass is 314 g/mol. The fraction of sp³-hybridized carbons (Fsp3) is 0.353. The van der Waals surface area contributed by atoms with Gasteiger partial charge in [0.1, 0.15) is 11.6 Å². The van der Waals surface area contributed by atoms with E-state index in [2.05, 4.69) is 15.3 Å². The summed E-state index contributed by atoms with van der Waals surface area (Å²) in [4.78, 5) is 22.8. The lowest BCUT2D eigenvalue weighted by atomic mass is 10.1. The Labute approximate surface area is 136 Å². The number of aromatic nitrogens is 2. The topological polar surface area (TPSA) is 67.4 Å². The number of rotatable bonds is 5. The van der Waals surface area contributed by atoms with Crippen LogP contribution in [0.1, 0.15) is 27.2 Å². The van der Waals surface area contributed by atoms with E-state index in [9.17, 15) is 4.79 Å². The van der Waals surface area contributed by atoms with Crippen LogP contribution in [0.4, 0.5) is 5.82 Å². The third-order valence-electron chi connectivity index (χ3n) is 3.75. The van der Waals surface area contributed by atoms with Crippen molar-refractivity contribution >= 4 is 11.7 Å². The van der Waals surface area contributed by atoms with Crippen molar-refractivity contribution in [3.05, 3.63) is 46.9 Å². The number of carbonyl (C=O) groups excluding carboxylic acids is 1. The number of hydrogen-bond acceptors (Lipinski definition) is 5. The zero-order valence-corrected chi connectivity index (χ0v) is 14.2. The molecule has 2 rings (SSSR count). The Bertz CT molecular complexity index is 716. The van der Waals surface area contributed by atoms with Crippen LogP contribution in [0.25, 0.3) is 0 Å². The van der Waals surface area contributed by atoms with Gasteiger partial charge in [0.2, 0.25) is 0 Å². The van der Waals surface area contributed by atoms with Gasteiger partial charge in [-0.1, -0.05) is 0 Å². The van der Waals surface area contributed by atoms with Crippen LogP contribution < -0.4 is 10.1 Å². The van der Waals surface area contributed by atoms with Gasteiger partial charge in [0, 0.05) is 43.2 Å². The number of anilines is 1. The Kier molecular flexibility index (Phi) is 5.16. The van der Waals surface area contributed by atoms with Gasteiger partial charge in [0.05, 0.1) is 19.3 Å². The maximum absolute atomic E-state index is 12.6. The van der Waals surface area contributed by atoms with Crippen LogP contribution in [-0.4, -0.2) is 42.0 Å². The molecule has 0 fully saturated rings. The van der Waals surface area contributed by atoms with Crippen molar-refractivity contribution in [2.24, 2.45) is 0 Å². The summed E-state index contributed by atoms with van der Waals surface area (Å²) in [5.41, 5.74) is 3.35. The van der Waals surface area contributed by atoms with Crippen LogP contribution in [0.3, 0.4) is 0 Å². The summed E-state index contributed by atoms with van der Waals surface area (Å²) in [5.74, 6) is 1.40. The lowest BCUT2D eigenvalue weighted by Gasteiger charge is -2.19. The smallest absolute Gasteiger partial charge is 0.254 e. The van der Waals surface area contributed by atoms with Crippen molar-refractivity contribution in [3.8, 4) is 5.75 Å². The van der Waals surface area contributed by atoms with Crippen molar-refractivity contribution in [1.29, 1.82) is 0 Å². The first-order chi connectivity index (χ1) is 11.0. The van der Waals surface area contributed by atoms with Crippen molar-refractivity contribution in [2.45, 2.75) is 20.4 Å². The Hall–Kier alpha value is -2.63. The molecule has 6 nitrogen and oxygen atoms in total. The summed E-state index contributed by atoms with van der Waals surface area (Å²) >= 11 is 0. The van der Waals surface area contributed by atoms with E-state index >= 15 is 0 Å². The lowest BCUT2D eigenvalue weighted by molar-refractivity contribution is 0.0783. The van der Waals surface area contributed by atoms with Crippen LogP contribution in [-0.2, 0) is 6.54 Å². The van der Waals surface area contributed by atoms with Crippen molar-refractivity contribution in [2.75, 3.05) is 26.5 Å². The largest absolute Gasteiger partial charge is 0.496 e. The van der Waals surface area contributed by atoms with E-state index in [1.54, 1.807) is 50.6 Å². The Morgan fingerprint density at radius 1 is 1.35 bits per heavy atom. The number of hydrogen-bond donors (Lipinski definition) is 1.